The van der Waals surface area contributed by atoms with Crippen molar-refractivity contribution in [1.29, 1.82) is 0 Å². The molecule has 2 nitrogen and oxygen atoms in total. The van der Waals surface area contributed by atoms with Crippen LogP contribution in [0.25, 0.3) is 10.8 Å². The number of hydrogen-bond acceptors (Lipinski definition) is 1. The maximum absolute atomic E-state index is 11.3. The first-order chi connectivity index (χ1) is 8.25. The summed E-state index contributed by atoms with van der Waals surface area (Å²) >= 11 is 0. The van der Waals surface area contributed by atoms with Crippen LogP contribution in [-0.4, -0.2) is 12.5 Å². The molecule has 17 heavy (non-hydrogen) atoms. The summed E-state index contributed by atoms with van der Waals surface area (Å²) in [6.07, 6.45) is 0.618. The van der Waals surface area contributed by atoms with Crippen LogP contribution in [0.2, 0.25) is 0 Å². The molecule has 2 heteroatoms. The van der Waals surface area contributed by atoms with Crippen LogP contribution in [0, 0.1) is 6.92 Å². The first-order valence-corrected chi connectivity index (χ1v) is 6.00. The Hall–Kier alpha value is -1.83. The number of hydrogen-bond donors (Lipinski definition) is 1. The summed E-state index contributed by atoms with van der Waals surface area (Å²) in [5.41, 5.74) is 2.59. The number of amides is 1. The van der Waals surface area contributed by atoms with E-state index in [0.29, 0.717) is 12.3 Å². The number of fused-ring (bicyclic) bond motifs is 1. The van der Waals surface area contributed by atoms with Gasteiger partial charge in [0.2, 0.25) is 5.91 Å². The molecular weight excluding hydrogens is 210 g/mol. The molecule has 1 heterocycles. The summed E-state index contributed by atoms with van der Waals surface area (Å²) in [5.74, 6) is 0.493. The van der Waals surface area contributed by atoms with Gasteiger partial charge in [0.25, 0.3) is 0 Å². The van der Waals surface area contributed by atoms with E-state index >= 15 is 0 Å². The molecule has 0 spiro atoms. The molecule has 3 rings (SSSR count). The maximum Gasteiger partial charge on any atom is 0.220 e. The lowest BCUT2D eigenvalue weighted by Crippen LogP contribution is -2.13. The minimum Gasteiger partial charge on any atom is -0.355 e. The molecule has 86 valence electrons. The van der Waals surface area contributed by atoms with Crippen LogP contribution in [0.4, 0.5) is 0 Å². The van der Waals surface area contributed by atoms with Crippen molar-refractivity contribution in [2.75, 3.05) is 6.54 Å². The van der Waals surface area contributed by atoms with Gasteiger partial charge in [0.15, 0.2) is 0 Å². The van der Waals surface area contributed by atoms with Crippen LogP contribution in [0.15, 0.2) is 36.4 Å². The zero-order chi connectivity index (χ0) is 11.8. The topological polar surface area (TPSA) is 29.1 Å². The molecule has 1 aliphatic rings. The molecule has 2 aromatic rings. The third kappa shape index (κ3) is 1.70. The highest BCUT2D eigenvalue weighted by Gasteiger charge is 2.24. The van der Waals surface area contributed by atoms with Crippen LogP contribution < -0.4 is 5.32 Å². The van der Waals surface area contributed by atoms with E-state index in [1.54, 1.807) is 0 Å². The normalized spacial score (nSPS) is 19.6. The van der Waals surface area contributed by atoms with E-state index in [-0.39, 0.29) is 5.91 Å². The SMILES string of the molecule is Cc1ccc(C2CNC(=O)C2)c2ccccc12. The molecule has 0 aromatic heterocycles. The fourth-order valence-electron chi connectivity index (χ4n) is 2.65. The molecule has 1 saturated heterocycles. The number of carbonyl (C=O) groups is 1. The summed E-state index contributed by atoms with van der Waals surface area (Å²) in [6.45, 7) is 2.90. The maximum atomic E-state index is 11.3. The monoisotopic (exact) mass is 225 g/mol. The number of benzene rings is 2. The molecule has 1 amide bonds. The van der Waals surface area contributed by atoms with Gasteiger partial charge in [-0.1, -0.05) is 36.4 Å². The molecule has 2 aromatic carbocycles. The number of nitrogens with one attached hydrogen (secondary N) is 1. The van der Waals surface area contributed by atoms with E-state index in [4.69, 9.17) is 0 Å². The van der Waals surface area contributed by atoms with Crippen molar-refractivity contribution in [2.45, 2.75) is 19.3 Å². The first kappa shape index (κ1) is 10.3. The number of aryl methyl sites for hydroxylation is 1. The van der Waals surface area contributed by atoms with Crippen molar-refractivity contribution in [1.82, 2.24) is 5.32 Å². The predicted molar refractivity (Wildman–Crippen MR) is 69.1 cm³/mol. The minimum absolute atomic E-state index is 0.166. The third-order valence-corrected chi connectivity index (χ3v) is 3.59. The van der Waals surface area contributed by atoms with E-state index < -0.39 is 0 Å². The number of carbonyl (C=O) groups excluding carboxylic acids is 1. The lowest BCUT2D eigenvalue weighted by molar-refractivity contribution is -0.119. The third-order valence-electron chi connectivity index (χ3n) is 3.59. The highest BCUT2D eigenvalue weighted by molar-refractivity contribution is 5.90. The van der Waals surface area contributed by atoms with Gasteiger partial charge in [-0.3, -0.25) is 4.79 Å². The smallest absolute Gasteiger partial charge is 0.220 e. The van der Waals surface area contributed by atoms with Crippen molar-refractivity contribution in [3.63, 3.8) is 0 Å². The Morgan fingerprint density at radius 3 is 2.59 bits per heavy atom. The van der Waals surface area contributed by atoms with E-state index in [1.807, 2.05) is 0 Å². The average molecular weight is 225 g/mol. The summed E-state index contributed by atoms with van der Waals surface area (Å²) < 4.78 is 0. The minimum atomic E-state index is 0.166. The molecule has 0 radical (unpaired) electrons. The van der Waals surface area contributed by atoms with Gasteiger partial charge < -0.3 is 5.32 Å². The molecule has 0 saturated carbocycles. The largest absolute Gasteiger partial charge is 0.355 e. The van der Waals surface area contributed by atoms with Gasteiger partial charge in [-0.05, 0) is 28.8 Å². The van der Waals surface area contributed by atoms with Crippen molar-refractivity contribution < 1.29 is 4.79 Å². The fourth-order valence-corrected chi connectivity index (χ4v) is 2.65. The standard InChI is InChI=1S/C15H15NO/c1-10-6-7-13(11-8-15(17)16-9-11)14-5-3-2-4-12(10)14/h2-7,11H,8-9H2,1H3,(H,16,17). The van der Waals surface area contributed by atoms with E-state index in [2.05, 4.69) is 48.6 Å². The zero-order valence-corrected chi connectivity index (χ0v) is 9.86. The Labute approximate surface area is 101 Å². The van der Waals surface area contributed by atoms with Crippen LogP contribution in [-0.2, 0) is 4.79 Å². The van der Waals surface area contributed by atoms with E-state index in [9.17, 15) is 4.79 Å². The van der Waals surface area contributed by atoms with Crippen LogP contribution >= 0.6 is 0 Å². The summed E-state index contributed by atoms with van der Waals surface area (Å²) in [7, 11) is 0. The molecule has 0 aliphatic carbocycles. The molecule has 1 N–H and O–H groups in total. The van der Waals surface area contributed by atoms with Gasteiger partial charge in [-0.25, -0.2) is 0 Å². The van der Waals surface area contributed by atoms with Crippen molar-refractivity contribution >= 4 is 16.7 Å². The molecule has 1 atom stereocenters. The average Bonchev–Trinajstić information content (AvgIpc) is 2.77. The van der Waals surface area contributed by atoms with Gasteiger partial charge in [0.05, 0.1) is 0 Å². The molecule has 1 aliphatic heterocycles. The Morgan fingerprint density at radius 1 is 1.12 bits per heavy atom. The Kier molecular flexibility index (Phi) is 2.36. The van der Waals surface area contributed by atoms with Gasteiger partial charge in [-0.2, -0.15) is 0 Å². The fraction of sp³-hybridized carbons (Fsp3) is 0.267. The van der Waals surface area contributed by atoms with Crippen LogP contribution in [0.5, 0.6) is 0 Å². The highest BCUT2D eigenvalue weighted by atomic mass is 16.1. The molecule has 1 unspecified atom stereocenters. The van der Waals surface area contributed by atoms with Crippen LogP contribution in [0.3, 0.4) is 0 Å². The summed E-state index contributed by atoms with van der Waals surface area (Å²) in [5, 5.41) is 5.49. The predicted octanol–water partition coefficient (Wildman–Crippen LogP) is 2.75. The lowest BCUT2D eigenvalue weighted by atomic mass is 9.91. The van der Waals surface area contributed by atoms with Crippen molar-refractivity contribution in [3.05, 3.63) is 47.5 Å². The van der Waals surface area contributed by atoms with Crippen LogP contribution in [0.1, 0.15) is 23.5 Å². The Bertz CT molecular complexity index is 588. The molecular formula is C15H15NO. The summed E-state index contributed by atoms with van der Waals surface area (Å²) in [4.78, 5) is 11.3. The quantitative estimate of drug-likeness (QED) is 0.794. The number of rotatable bonds is 1. The lowest BCUT2D eigenvalue weighted by Gasteiger charge is -2.13. The van der Waals surface area contributed by atoms with E-state index in [0.717, 1.165) is 6.54 Å². The second-order valence-electron chi connectivity index (χ2n) is 4.72. The van der Waals surface area contributed by atoms with Crippen molar-refractivity contribution in [2.24, 2.45) is 0 Å². The van der Waals surface area contributed by atoms with Gasteiger partial charge in [-0.15, -0.1) is 0 Å². The highest BCUT2D eigenvalue weighted by Crippen LogP contribution is 2.31. The van der Waals surface area contributed by atoms with Crippen molar-refractivity contribution in [3.8, 4) is 0 Å². The van der Waals surface area contributed by atoms with E-state index in [1.165, 1.54) is 21.9 Å². The molecule has 0 bridgehead atoms. The molecule has 1 fully saturated rings. The Morgan fingerprint density at radius 2 is 1.88 bits per heavy atom. The van der Waals surface area contributed by atoms with Gasteiger partial charge in [0, 0.05) is 18.9 Å². The Balaban J connectivity index is 2.17. The van der Waals surface area contributed by atoms with Gasteiger partial charge >= 0.3 is 0 Å². The zero-order valence-electron chi connectivity index (χ0n) is 9.86. The first-order valence-electron chi connectivity index (χ1n) is 6.00. The van der Waals surface area contributed by atoms with Gasteiger partial charge in [0.1, 0.15) is 0 Å². The second-order valence-corrected chi connectivity index (χ2v) is 4.72. The summed E-state index contributed by atoms with van der Waals surface area (Å²) in [6, 6.07) is 12.8. The second kappa shape index (κ2) is 3.88.